The average Bonchev–Trinajstić information content (AvgIpc) is 2.91. The molecule has 128 valence electrons. The van der Waals surface area contributed by atoms with Gasteiger partial charge in [0, 0.05) is 31.1 Å². The van der Waals surface area contributed by atoms with Crippen LogP contribution in [0.2, 0.25) is 0 Å². The van der Waals surface area contributed by atoms with E-state index in [-0.39, 0.29) is 5.91 Å². The van der Waals surface area contributed by atoms with Gasteiger partial charge in [0.2, 0.25) is 5.91 Å². The van der Waals surface area contributed by atoms with Crippen LogP contribution in [0.4, 0.5) is 0 Å². The molecule has 1 heterocycles. The lowest BCUT2D eigenvalue weighted by molar-refractivity contribution is -0.122. The van der Waals surface area contributed by atoms with E-state index in [2.05, 4.69) is 20.7 Å². The number of aryl methyl sites for hydroxylation is 1. The van der Waals surface area contributed by atoms with Crippen LogP contribution in [0.15, 0.2) is 12.7 Å². The minimum absolute atomic E-state index is 0.169. The van der Waals surface area contributed by atoms with Crippen molar-refractivity contribution in [2.45, 2.75) is 88.9 Å². The maximum Gasteiger partial charge on any atom is 0.220 e. The number of carbonyl (C=O) groups is 1. The number of hydrogen-bond acceptors (Lipinski definition) is 4. The number of hydrogen-bond donors (Lipinski definition) is 2. The Morgan fingerprint density at radius 3 is 2.52 bits per heavy atom. The van der Waals surface area contributed by atoms with Crippen LogP contribution in [-0.4, -0.2) is 38.8 Å². The summed E-state index contributed by atoms with van der Waals surface area (Å²) in [4.78, 5) is 16.0. The predicted molar refractivity (Wildman–Crippen MR) is 88.8 cm³/mol. The fourth-order valence-electron chi connectivity index (χ4n) is 3.65. The van der Waals surface area contributed by atoms with Gasteiger partial charge in [-0.1, -0.05) is 25.7 Å². The van der Waals surface area contributed by atoms with Crippen molar-refractivity contribution in [2.75, 3.05) is 0 Å². The first-order valence-electron chi connectivity index (χ1n) is 9.19. The number of nitrogens with one attached hydrogen (secondary N) is 2. The van der Waals surface area contributed by atoms with Gasteiger partial charge in [0.25, 0.3) is 0 Å². The molecule has 0 aliphatic heterocycles. The predicted octanol–water partition coefficient (Wildman–Crippen LogP) is 2.02. The van der Waals surface area contributed by atoms with Gasteiger partial charge in [-0.05, 0) is 32.1 Å². The molecule has 2 atom stereocenters. The molecule has 2 aliphatic carbocycles. The molecule has 0 bridgehead atoms. The molecule has 2 N–H and O–H groups in total. The van der Waals surface area contributed by atoms with Crippen molar-refractivity contribution >= 4 is 5.91 Å². The SMILES string of the molecule is O=C(CCCn1cncn1)NC1CCC1NC1CCCCCC1. The van der Waals surface area contributed by atoms with Crippen molar-refractivity contribution in [3.05, 3.63) is 12.7 Å². The van der Waals surface area contributed by atoms with Crippen LogP contribution in [0, 0.1) is 0 Å². The number of nitrogens with zero attached hydrogens (tertiary/aromatic N) is 3. The molecule has 1 amide bonds. The molecule has 3 rings (SSSR count). The zero-order valence-electron chi connectivity index (χ0n) is 13.9. The molecule has 1 aromatic rings. The van der Waals surface area contributed by atoms with Crippen LogP contribution in [0.5, 0.6) is 0 Å². The third-order valence-corrected chi connectivity index (χ3v) is 5.18. The first kappa shape index (κ1) is 16.4. The summed E-state index contributed by atoms with van der Waals surface area (Å²) in [7, 11) is 0. The van der Waals surface area contributed by atoms with Gasteiger partial charge in [-0.2, -0.15) is 5.10 Å². The van der Waals surface area contributed by atoms with E-state index in [4.69, 9.17) is 0 Å². The molecule has 0 saturated heterocycles. The van der Waals surface area contributed by atoms with E-state index in [0.717, 1.165) is 19.4 Å². The van der Waals surface area contributed by atoms with Crippen LogP contribution in [-0.2, 0) is 11.3 Å². The molecule has 23 heavy (non-hydrogen) atoms. The van der Waals surface area contributed by atoms with Crippen molar-refractivity contribution < 1.29 is 4.79 Å². The number of rotatable bonds is 7. The van der Waals surface area contributed by atoms with Gasteiger partial charge < -0.3 is 10.6 Å². The lowest BCUT2D eigenvalue weighted by Gasteiger charge is -2.40. The van der Waals surface area contributed by atoms with Gasteiger partial charge in [-0.15, -0.1) is 0 Å². The number of amides is 1. The lowest BCUT2D eigenvalue weighted by Crippen LogP contribution is -2.58. The highest BCUT2D eigenvalue weighted by molar-refractivity contribution is 5.76. The monoisotopic (exact) mass is 319 g/mol. The highest BCUT2D eigenvalue weighted by Gasteiger charge is 2.33. The number of aromatic nitrogens is 3. The van der Waals surface area contributed by atoms with Crippen molar-refractivity contribution in [1.82, 2.24) is 25.4 Å². The Bertz CT molecular complexity index is 467. The van der Waals surface area contributed by atoms with Crippen molar-refractivity contribution in [2.24, 2.45) is 0 Å². The quantitative estimate of drug-likeness (QED) is 0.754. The highest BCUT2D eigenvalue weighted by Crippen LogP contribution is 2.24. The molecule has 2 fully saturated rings. The van der Waals surface area contributed by atoms with Gasteiger partial charge in [-0.3, -0.25) is 9.48 Å². The van der Waals surface area contributed by atoms with Gasteiger partial charge in [-0.25, -0.2) is 4.98 Å². The molecule has 2 saturated carbocycles. The highest BCUT2D eigenvalue weighted by atomic mass is 16.1. The van der Waals surface area contributed by atoms with Crippen molar-refractivity contribution in [3.8, 4) is 0 Å². The molecule has 0 radical (unpaired) electrons. The Labute approximate surface area is 138 Å². The van der Waals surface area contributed by atoms with Gasteiger partial charge >= 0.3 is 0 Å². The second-order valence-electron chi connectivity index (χ2n) is 6.98. The summed E-state index contributed by atoms with van der Waals surface area (Å²) in [6.07, 6.45) is 15.0. The zero-order valence-corrected chi connectivity index (χ0v) is 13.9. The fraction of sp³-hybridized carbons (Fsp3) is 0.824. The second kappa shape index (κ2) is 8.43. The van der Waals surface area contributed by atoms with Crippen LogP contribution >= 0.6 is 0 Å². The Hall–Kier alpha value is -1.43. The first-order chi connectivity index (χ1) is 11.3. The maximum absolute atomic E-state index is 12.1. The molecule has 1 aromatic heterocycles. The lowest BCUT2D eigenvalue weighted by atomic mass is 9.85. The fourth-order valence-corrected chi connectivity index (χ4v) is 3.65. The molecule has 6 nitrogen and oxygen atoms in total. The average molecular weight is 319 g/mol. The van der Waals surface area contributed by atoms with E-state index < -0.39 is 0 Å². The minimum atomic E-state index is 0.169. The van der Waals surface area contributed by atoms with Gasteiger partial charge in [0.15, 0.2) is 0 Å². The van der Waals surface area contributed by atoms with Gasteiger partial charge in [0.1, 0.15) is 12.7 Å². The molecule has 2 aliphatic rings. The first-order valence-corrected chi connectivity index (χ1v) is 9.19. The Morgan fingerprint density at radius 1 is 1.09 bits per heavy atom. The van der Waals surface area contributed by atoms with Crippen LogP contribution in [0.3, 0.4) is 0 Å². The van der Waals surface area contributed by atoms with Crippen LogP contribution in [0.1, 0.15) is 64.2 Å². The normalized spacial score (nSPS) is 25.6. The summed E-state index contributed by atoms with van der Waals surface area (Å²) in [6.45, 7) is 0.752. The minimum Gasteiger partial charge on any atom is -0.352 e. The van der Waals surface area contributed by atoms with E-state index in [1.54, 1.807) is 11.0 Å². The van der Waals surface area contributed by atoms with E-state index >= 15 is 0 Å². The summed E-state index contributed by atoms with van der Waals surface area (Å²) in [5.41, 5.74) is 0. The molecule has 0 spiro atoms. The second-order valence-corrected chi connectivity index (χ2v) is 6.98. The molecule has 2 unspecified atom stereocenters. The summed E-state index contributed by atoms with van der Waals surface area (Å²) in [5.74, 6) is 0.169. The molecule has 0 aromatic carbocycles. The van der Waals surface area contributed by atoms with Crippen LogP contribution in [0.25, 0.3) is 0 Å². The standard InChI is InChI=1S/C17H29N5O/c23-17(8-5-11-22-13-18-12-19-22)21-16-10-9-15(16)20-14-6-3-1-2-4-7-14/h12-16,20H,1-11H2,(H,21,23). The Morgan fingerprint density at radius 2 is 1.87 bits per heavy atom. The summed E-state index contributed by atoms with van der Waals surface area (Å²) >= 11 is 0. The van der Waals surface area contributed by atoms with Crippen LogP contribution < -0.4 is 10.6 Å². The van der Waals surface area contributed by atoms with E-state index in [1.807, 2.05) is 0 Å². The van der Waals surface area contributed by atoms with E-state index in [0.29, 0.717) is 24.5 Å². The van der Waals surface area contributed by atoms with E-state index in [9.17, 15) is 4.79 Å². The third kappa shape index (κ3) is 5.03. The molecule has 6 heteroatoms. The summed E-state index contributed by atoms with van der Waals surface area (Å²) in [5, 5.41) is 11.0. The van der Waals surface area contributed by atoms with Gasteiger partial charge in [0.05, 0.1) is 0 Å². The third-order valence-electron chi connectivity index (χ3n) is 5.18. The molecular formula is C17H29N5O. The number of carbonyl (C=O) groups excluding carboxylic acids is 1. The van der Waals surface area contributed by atoms with Crippen molar-refractivity contribution in [1.29, 1.82) is 0 Å². The Balaban J connectivity index is 1.33. The molecular weight excluding hydrogens is 290 g/mol. The largest absolute Gasteiger partial charge is 0.352 e. The smallest absolute Gasteiger partial charge is 0.220 e. The Kier molecular flexibility index (Phi) is 6.02. The maximum atomic E-state index is 12.1. The topological polar surface area (TPSA) is 71.8 Å². The summed E-state index contributed by atoms with van der Waals surface area (Å²) in [6, 6.07) is 1.48. The zero-order chi connectivity index (χ0) is 15.9. The van der Waals surface area contributed by atoms with Crippen molar-refractivity contribution in [3.63, 3.8) is 0 Å². The summed E-state index contributed by atoms with van der Waals surface area (Å²) < 4.78 is 1.77. The van der Waals surface area contributed by atoms with E-state index in [1.165, 1.54) is 51.3 Å².